The maximum Gasteiger partial charge on any atom is 0.222 e. The Kier molecular flexibility index (Phi) is 3.01. The van der Waals surface area contributed by atoms with Crippen LogP contribution in [0, 0.1) is 5.82 Å². The molecular weight excluding hydrogens is 231 g/mol. The molecule has 5 heteroatoms. The van der Waals surface area contributed by atoms with Crippen LogP contribution < -0.4 is 4.74 Å². The molecule has 0 spiro atoms. The highest BCUT2D eigenvalue weighted by Gasteiger charge is 2.05. The summed E-state index contributed by atoms with van der Waals surface area (Å²) in [6, 6.07) is 4.65. The molecule has 0 saturated carbocycles. The fraction of sp³-hybridized carbons (Fsp3) is 0.0909. The summed E-state index contributed by atoms with van der Waals surface area (Å²) < 4.78 is 18.3. The highest BCUT2D eigenvalue weighted by molar-refractivity contribution is 6.28. The Morgan fingerprint density at radius 3 is 2.44 bits per heavy atom. The van der Waals surface area contributed by atoms with Crippen molar-refractivity contribution in [3.05, 3.63) is 41.7 Å². The summed E-state index contributed by atoms with van der Waals surface area (Å²) in [6.07, 6.45) is 3.08. The first-order valence-corrected chi connectivity index (χ1v) is 4.90. The number of benzene rings is 1. The van der Waals surface area contributed by atoms with Crippen molar-refractivity contribution in [3.8, 4) is 16.9 Å². The lowest BCUT2D eigenvalue weighted by Gasteiger charge is -2.04. The third kappa shape index (κ3) is 2.12. The molecule has 2 rings (SSSR count). The van der Waals surface area contributed by atoms with Gasteiger partial charge in [-0.3, -0.25) is 0 Å². The smallest absolute Gasteiger partial charge is 0.222 e. The summed E-state index contributed by atoms with van der Waals surface area (Å²) in [4.78, 5) is 7.66. The Hall–Kier alpha value is -1.68. The van der Waals surface area contributed by atoms with Gasteiger partial charge < -0.3 is 4.74 Å². The second-order valence-electron chi connectivity index (χ2n) is 3.09. The lowest BCUT2D eigenvalue weighted by Crippen LogP contribution is -1.89. The zero-order valence-electron chi connectivity index (χ0n) is 8.45. The van der Waals surface area contributed by atoms with E-state index in [0.717, 1.165) is 0 Å². The van der Waals surface area contributed by atoms with Gasteiger partial charge in [-0.1, -0.05) is 6.07 Å². The molecule has 0 saturated heterocycles. The molecule has 3 nitrogen and oxygen atoms in total. The second kappa shape index (κ2) is 4.45. The van der Waals surface area contributed by atoms with E-state index in [0.29, 0.717) is 11.1 Å². The summed E-state index contributed by atoms with van der Waals surface area (Å²) in [5, 5.41) is 0.165. The van der Waals surface area contributed by atoms with E-state index in [1.807, 2.05) is 0 Å². The normalized spacial score (nSPS) is 10.2. The first kappa shape index (κ1) is 10.8. The lowest BCUT2D eigenvalue weighted by atomic mass is 10.1. The van der Waals surface area contributed by atoms with Gasteiger partial charge in [-0.25, -0.2) is 14.4 Å². The Morgan fingerprint density at radius 2 is 1.88 bits per heavy atom. The van der Waals surface area contributed by atoms with Crippen LogP contribution in [0.25, 0.3) is 11.1 Å². The summed E-state index contributed by atoms with van der Waals surface area (Å²) >= 11 is 5.56. The van der Waals surface area contributed by atoms with E-state index in [-0.39, 0.29) is 11.0 Å². The highest BCUT2D eigenvalue weighted by atomic mass is 35.5. The van der Waals surface area contributed by atoms with Gasteiger partial charge in [0.15, 0.2) is 11.6 Å². The van der Waals surface area contributed by atoms with Crippen LogP contribution in [0.5, 0.6) is 5.75 Å². The van der Waals surface area contributed by atoms with E-state index in [1.165, 1.54) is 25.6 Å². The molecule has 0 aliphatic carbocycles. The predicted molar refractivity (Wildman–Crippen MR) is 59.0 cm³/mol. The van der Waals surface area contributed by atoms with Crippen molar-refractivity contribution in [2.24, 2.45) is 0 Å². The molecule has 0 fully saturated rings. The van der Waals surface area contributed by atoms with E-state index in [9.17, 15) is 4.39 Å². The largest absolute Gasteiger partial charge is 0.494 e. The molecule has 0 atom stereocenters. The Labute approximate surface area is 96.9 Å². The molecule has 1 heterocycles. The van der Waals surface area contributed by atoms with Gasteiger partial charge in [-0.2, -0.15) is 0 Å². The molecule has 0 unspecified atom stereocenters. The first-order valence-electron chi connectivity index (χ1n) is 4.52. The highest BCUT2D eigenvalue weighted by Crippen LogP contribution is 2.24. The number of ether oxygens (including phenoxy) is 1. The molecule has 82 valence electrons. The molecule has 0 N–H and O–H groups in total. The molecule has 1 aromatic carbocycles. The van der Waals surface area contributed by atoms with Crippen LogP contribution in [0.1, 0.15) is 0 Å². The van der Waals surface area contributed by atoms with Crippen LogP contribution in [-0.2, 0) is 0 Å². The van der Waals surface area contributed by atoms with Gasteiger partial charge in [0.25, 0.3) is 0 Å². The second-order valence-corrected chi connectivity index (χ2v) is 3.43. The zero-order valence-corrected chi connectivity index (χ0v) is 9.20. The molecule has 0 aliphatic rings. The minimum absolute atomic E-state index is 0.165. The van der Waals surface area contributed by atoms with Crippen molar-refractivity contribution < 1.29 is 9.13 Å². The Balaban J connectivity index is 2.41. The SMILES string of the molecule is COc1ccc(-c2cnc(Cl)nc2)cc1F. The standard InChI is InChI=1S/C11H8ClFN2O/c1-16-10-3-2-7(4-9(10)13)8-5-14-11(12)15-6-8/h2-6H,1H3. The minimum atomic E-state index is -0.421. The quantitative estimate of drug-likeness (QED) is 0.755. The van der Waals surface area contributed by atoms with Crippen LogP contribution in [-0.4, -0.2) is 17.1 Å². The number of halogens is 2. The summed E-state index contributed by atoms with van der Waals surface area (Å²) in [7, 11) is 1.42. The van der Waals surface area contributed by atoms with Crippen LogP contribution in [0.15, 0.2) is 30.6 Å². The molecule has 16 heavy (non-hydrogen) atoms. The van der Waals surface area contributed by atoms with Crippen molar-refractivity contribution in [1.82, 2.24) is 9.97 Å². The van der Waals surface area contributed by atoms with Gasteiger partial charge >= 0.3 is 0 Å². The number of aromatic nitrogens is 2. The van der Waals surface area contributed by atoms with E-state index in [2.05, 4.69) is 9.97 Å². The molecule has 1 aromatic heterocycles. The van der Waals surface area contributed by atoms with Gasteiger partial charge in [-0.05, 0) is 29.3 Å². The van der Waals surface area contributed by atoms with E-state index in [1.54, 1.807) is 12.1 Å². The number of rotatable bonds is 2. The van der Waals surface area contributed by atoms with Crippen molar-refractivity contribution in [2.75, 3.05) is 7.11 Å². The van der Waals surface area contributed by atoms with Crippen LogP contribution in [0.4, 0.5) is 4.39 Å². The third-order valence-corrected chi connectivity index (χ3v) is 2.30. The Bertz CT molecular complexity index is 502. The summed E-state index contributed by atoms with van der Waals surface area (Å²) in [5.74, 6) is -0.214. The van der Waals surface area contributed by atoms with E-state index >= 15 is 0 Å². The number of methoxy groups -OCH3 is 1. The monoisotopic (exact) mass is 238 g/mol. The van der Waals surface area contributed by atoms with Gasteiger partial charge in [-0.15, -0.1) is 0 Å². The average molecular weight is 239 g/mol. The van der Waals surface area contributed by atoms with Crippen molar-refractivity contribution in [2.45, 2.75) is 0 Å². The Morgan fingerprint density at radius 1 is 1.19 bits per heavy atom. The number of hydrogen-bond acceptors (Lipinski definition) is 3. The maximum absolute atomic E-state index is 13.4. The molecule has 2 aromatic rings. The fourth-order valence-corrected chi connectivity index (χ4v) is 1.40. The van der Waals surface area contributed by atoms with E-state index < -0.39 is 5.82 Å². The molecule has 0 amide bonds. The topological polar surface area (TPSA) is 35.0 Å². The number of hydrogen-bond donors (Lipinski definition) is 0. The van der Waals surface area contributed by atoms with Gasteiger partial charge in [0.2, 0.25) is 5.28 Å². The third-order valence-electron chi connectivity index (χ3n) is 2.11. The number of nitrogens with zero attached hydrogens (tertiary/aromatic N) is 2. The predicted octanol–water partition coefficient (Wildman–Crippen LogP) is 2.94. The van der Waals surface area contributed by atoms with Crippen LogP contribution in [0.3, 0.4) is 0 Å². The maximum atomic E-state index is 13.4. The fourth-order valence-electron chi connectivity index (χ4n) is 1.31. The molecular formula is C11H8ClFN2O. The van der Waals surface area contributed by atoms with Gasteiger partial charge in [0.05, 0.1) is 7.11 Å². The minimum Gasteiger partial charge on any atom is -0.494 e. The van der Waals surface area contributed by atoms with Gasteiger partial charge in [0.1, 0.15) is 0 Å². The van der Waals surface area contributed by atoms with Crippen molar-refractivity contribution >= 4 is 11.6 Å². The molecule has 0 radical (unpaired) electrons. The summed E-state index contributed by atoms with van der Waals surface area (Å²) in [5.41, 5.74) is 1.38. The van der Waals surface area contributed by atoms with Crippen LogP contribution >= 0.6 is 11.6 Å². The first-order chi connectivity index (χ1) is 7.70. The summed E-state index contributed by atoms with van der Waals surface area (Å²) in [6.45, 7) is 0. The van der Waals surface area contributed by atoms with Crippen molar-refractivity contribution in [3.63, 3.8) is 0 Å². The van der Waals surface area contributed by atoms with Crippen LogP contribution in [0.2, 0.25) is 5.28 Å². The average Bonchev–Trinajstić information content (AvgIpc) is 2.30. The zero-order chi connectivity index (χ0) is 11.5. The lowest BCUT2D eigenvalue weighted by molar-refractivity contribution is 0.386. The molecule has 0 bridgehead atoms. The van der Waals surface area contributed by atoms with E-state index in [4.69, 9.17) is 16.3 Å². The van der Waals surface area contributed by atoms with Crippen molar-refractivity contribution in [1.29, 1.82) is 0 Å². The van der Waals surface area contributed by atoms with Gasteiger partial charge in [0, 0.05) is 18.0 Å². The molecule has 0 aliphatic heterocycles.